The summed E-state index contributed by atoms with van der Waals surface area (Å²) in [4.78, 5) is 31.2. The van der Waals surface area contributed by atoms with E-state index in [0.29, 0.717) is 0 Å². The maximum absolute atomic E-state index is 10.9. The van der Waals surface area contributed by atoms with Crippen molar-refractivity contribution in [2.45, 2.75) is 6.42 Å². The zero-order chi connectivity index (χ0) is 11.7. The van der Waals surface area contributed by atoms with Gasteiger partial charge in [0.2, 0.25) is 0 Å². The van der Waals surface area contributed by atoms with E-state index in [9.17, 15) is 14.4 Å². The number of carboxylic acids is 1. The van der Waals surface area contributed by atoms with Crippen molar-refractivity contribution >= 4 is 18.0 Å². The molecular formula is C7H14N4O4. The average Bonchev–Trinajstić information content (AvgIpc) is 2.11. The largest absolute Gasteiger partial charge is 0.481 e. The molecule has 0 aliphatic rings. The van der Waals surface area contributed by atoms with Crippen LogP contribution in [0, 0.1) is 0 Å². The minimum absolute atomic E-state index is 0.0599. The summed E-state index contributed by atoms with van der Waals surface area (Å²) in [6.45, 7) is 0.508. The Bertz CT molecular complexity index is 243. The number of urea groups is 2. The number of nitrogens with two attached hydrogens (primary N) is 1. The van der Waals surface area contributed by atoms with Gasteiger partial charge in [0, 0.05) is 19.6 Å². The van der Waals surface area contributed by atoms with Crippen molar-refractivity contribution < 1.29 is 19.5 Å². The lowest BCUT2D eigenvalue weighted by molar-refractivity contribution is -0.136. The molecule has 15 heavy (non-hydrogen) atoms. The number of aliphatic carboxylic acids is 1. The smallest absolute Gasteiger partial charge is 0.314 e. The van der Waals surface area contributed by atoms with E-state index < -0.39 is 18.0 Å². The summed E-state index contributed by atoms with van der Waals surface area (Å²) in [5, 5.41) is 15.3. The van der Waals surface area contributed by atoms with E-state index in [2.05, 4.69) is 16.0 Å². The summed E-state index contributed by atoms with van der Waals surface area (Å²) in [6, 6.07) is -1.15. The highest BCUT2D eigenvalue weighted by Gasteiger charge is 2.00. The highest BCUT2D eigenvalue weighted by Crippen LogP contribution is 1.75. The summed E-state index contributed by atoms with van der Waals surface area (Å²) in [5.41, 5.74) is 4.78. The van der Waals surface area contributed by atoms with E-state index in [4.69, 9.17) is 10.8 Å². The molecule has 0 spiro atoms. The Labute approximate surface area is 86.2 Å². The van der Waals surface area contributed by atoms with Crippen LogP contribution in [0.15, 0.2) is 0 Å². The van der Waals surface area contributed by atoms with Crippen molar-refractivity contribution in [3.05, 3.63) is 0 Å². The van der Waals surface area contributed by atoms with Crippen LogP contribution < -0.4 is 21.7 Å². The molecule has 0 aliphatic heterocycles. The Morgan fingerprint density at radius 3 is 2.07 bits per heavy atom. The lowest BCUT2D eigenvalue weighted by atomic mass is 10.4. The standard InChI is InChI=1S/C7H14N4O4/c8-6(14)9-3-4-11-7(15)10-2-1-5(12)13/h1-4H2,(H,12,13)(H3,8,9,14)(H2,10,11,15). The fourth-order valence-corrected chi connectivity index (χ4v) is 0.707. The zero-order valence-electron chi connectivity index (χ0n) is 8.08. The van der Waals surface area contributed by atoms with Gasteiger partial charge in [-0.2, -0.15) is 0 Å². The first-order valence-corrected chi connectivity index (χ1v) is 4.29. The summed E-state index contributed by atoms with van der Waals surface area (Å²) in [6.07, 6.45) is -0.132. The van der Waals surface area contributed by atoms with Crippen LogP contribution in [0.3, 0.4) is 0 Å². The molecule has 0 aliphatic carbocycles. The molecule has 0 unspecified atom stereocenters. The van der Waals surface area contributed by atoms with Crippen LogP contribution in [0.1, 0.15) is 6.42 Å². The predicted molar refractivity (Wildman–Crippen MR) is 51.2 cm³/mol. The Balaban J connectivity index is 3.33. The Morgan fingerprint density at radius 2 is 1.53 bits per heavy atom. The molecule has 0 aromatic heterocycles. The Hall–Kier alpha value is -1.99. The quantitative estimate of drug-likeness (QED) is 0.344. The number of hydrogen-bond donors (Lipinski definition) is 5. The molecule has 0 saturated heterocycles. The van der Waals surface area contributed by atoms with Crippen molar-refractivity contribution in [1.82, 2.24) is 16.0 Å². The third kappa shape index (κ3) is 9.93. The van der Waals surface area contributed by atoms with Crippen molar-refractivity contribution in [2.24, 2.45) is 5.73 Å². The molecule has 6 N–H and O–H groups in total. The molecule has 0 radical (unpaired) electrons. The number of amides is 4. The topological polar surface area (TPSA) is 134 Å². The first kappa shape index (κ1) is 13.0. The van der Waals surface area contributed by atoms with Gasteiger partial charge in [-0.15, -0.1) is 0 Å². The first-order chi connectivity index (χ1) is 7.02. The van der Waals surface area contributed by atoms with Crippen molar-refractivity contribution in [3.63, 3.8) is 0 Å². The Kier molecular flexibility index (Phi) is 6.43. The molecule has 8 heteroatoms. The van der Waals surface area contributed by atoms with E-state index >= 15 is 0 Å². The van der Waals surface area contributed by atoms with Crippen LogP contribution in [0.5, 0.6) is 0 Å². The van der Waals surface area contributed by atoms with Crippen LogP contribution in [0.25, 0.3) is 0 Å². The molecule has 0 heterocycles. The van der Waals surface area contributed by atoms with Crippen LogP contribution in [0.4, 0.5) is 9.59 Å². The second-order valence-corrected chi connectivity index (χ2v) is 2.62. The lowest BCUT2D eigenvalue weighted by Crippen LogP contribution is -2.41. The zero-order valence-corrected chi connectivity index (χ0v) is 8.08. The summed E-state index contributed by atoms with van der Waals surface area (Å²) < 4.78 is 0. The van der Waals surface area contributed by atoms with Gasteiger partial charge >= 0.3 is 18.0 Å². The van der Waals surface area contributed by atoms with Crippen molar-refractivity contribution in [3.8, 4) is 0 Å². The molecule has 4 amide bonds. The molecule has 0 fully saturated rings. The number of carboxylic acid groups (broad SMARTS) is 1. The number of carbonyl (C=O) groups excluding carboxylic acids is 2. The maximum Gasteiger partial charge on any atom is 0.314 e. The van der Waals surface area contributed by atoms with E-state index in [1.165, 1.54) is 0 Å². The van der Waals surface area contributed by atoms with Gasteiger partial charge in [-0.25, -0.2) is 9.59 Å². The number of rotatable bonds is 6. The third-order valence-corrected chi connectivity index (χ3v) is 1.33. The van der Waals surface area contributed by atoms with E-state index in [1.807, 2.05) is 0 Å². The fraction of sp³-hybridized carbons (Fsp3) is 0.571. The van der Waals surface area contributed by atoms with E-state index in [-0.39, 0.29) is 26.1 Å². The van der Waals surface area contributed by atoms with Gasteiger partial charge in [-0.05, 0) is 0 Å². The maximum atomic E-state index is 10.9. The molecule has 0 bridgehead atoms. The van der Waals surface area contributed by atoms with Crippen molar-refractivity contribution in [1.29, 1.82) is 0 Å². The van der Waals surface area contributed by atoms with E-state index in [1.54, 1.807) is 0 Å². The second kappa shape index (κ2) is 7.42. The van der Waals surface area contributed by atoms with Gasteiger partial charge in [0.15, 0.2) is 0 Å². The summed E-state index contributed by atoms with van der Waals surface area (Å²) >= 11 is 0. The van der Waals surface area contributed by atoms with Gasteiger partial charge in [0.25, 0.3) is 0 Å². The Morgan fingerprint density at radius 1 is 1.00 bits per heavy atom. The number of hydrogen-bond acceptors (Lipinski definition) is 3. The molecule has 8 nitrogen and oxygen atoms in total. The number of primary amides is 1. The fourth-order valence-electron chi connectivity index (χ4n) is 0.707. The predicted octanol–water partition coefficient (Wildman–Crippen LogP) is -1.57. The molecule has 0 aromatic carbocycles. The molecule has 0 atom stereocenters. The molecule has 0 saturated carbocycles. The second-order valence-electron chi connectivity index (χ2n) is 2.62. The van der Waals surface area contributed by atoms with Gasteiger partial charge < -0.3 is 26.8 Å². The van der Waals surface area contributed by atoms with Crippen LogP contribution in [0.2, 0.25) is 0 Å². The monoisotopic (exact) mass is 218 g/mol. The SMILES string of the molecule is NC(=O)NCCNC(=O)NCCC(=O)O. The highest BCUT2D eigenvalue weighted by atomic mass is 16.4. The van der Waals surface area contributed by atoms with Gasteiger partial charge in [0.1, 0.15) is 0 Å². The van der Waals surface area contributed by atoms with Crippen LogP contribution in [-0.2, 0) is 4.79 Å². The molecular weight excluding hydrogens is 204 g/mol. The van der Waals surface area contributed by atoms with Gasteiger partial charge in [-0.1, -0.05) is 0 Å². The minimum Gasteiger partial charge on any atom is -0.481 e. The van der Waals surface area contributed by atoms with E-state index in [0.717, 1.165) is 0 Å². The van der Waals surface area contributed by atoms with Crippen LogP contribution >= 0.6 is 0 Å². The minimum atomic E-state index is -0.981. The van der Waals surface area contributed by atoms with Gasteiger partial charge in [-0.3, -0.25) is 4.79 Å². The average molecular weight is 218 g/mol. The highest BCUT2D eigenvalue weighted by molar-refractivity contribution is 5.75. The summed E-state index contributed by atoms with van der Waals surface area (Å²) in [7, 11) is 0. The van der Waals surface area contributed by atoms with Gasteiger partial charge in [0.05, 0.1) is 6.42 Å². The number of carbonyl (C=O) groups is 3. The molecule has 0 rings (SSSR count). The normalized spacial score (nSPS) is 9.07. The lowest BCUT2D eigenvalue weighted by Gasteiger charge is -2.06. The molecule has 86 valence electrons. The first-order valence-electron chi connectivity index (χ1n) is 4.29. The number of nitrogens with one attached hydrogen (secondary N) is 3. The molecule has 0 aromatic rings. The summed E-state index contributed by atoms with van der Waals surface area (Å²) in [5.74, 6) is -0.981. The van der Waals surface area contributed by atoms with Crippen LogP contribution in [-0.4, -0.2) is 42.8 Å². The van der Waals surface area contributed by atoms with Crippen molar-refractivity contribution in [2.75, 3.05) is 19.6 Å². The third-order valence-electron chi connectivity index (χ3n) is 1.33.